The number of carboxylic acid groups (broad SMARTS) is 1. The molecule has 5 rings (SSSR count). The van der Waals surface area contributed by atoms with Crippen LogP contribution in [0.5, 0.6) is 5.75 Å². The summed E-state index contributed by atoms with van der Waals surface area (Å²) in [6, 6.07) is 12.4. The summed E-state index contributed by atoms with van der Waals surface area (Å²) in [6.45, 7) is 5.77. The van der Waals surface area contributed by atoms with Crippen molar-refractivity contribution >= 4 is 17.6 Å². The zero-order valence-corrected chi connectivity index (χ0v) is 26.1. The maximum atomic E-state index is 13.6. The van der Waals surface area contributed by atoms with Crippen molar-refractivity contribution in [2.24, 2.45) is 5.41 Å². The number of benzene rings is 3. The second-order valence-electron chi connectivity index (χ2n) is 12.8. The lowest BCUT2D eigenvalue weighted by Gasteiger charge is -2.35. The van der Waals surface area contributed by atoms with E-state index in [-0.39, 0.29) is 29.2 Å². The van der Waals surface area contributed by atoms with Gasteiger partial charge in [0, 0.05) is 6.54 Å². The fraction of sp³-hybridized carbons (Fsp3) is 0.371. The molecule has 1 aliphatic carbocycles. The molecule has 12 heteroatoms. The Balaban J connectivity index is 1.53. The van der Waals surface area contributed by atoms with Gasteiger partial charge in [0.25, 0.3) is 0 Å². The summed E-state index contributed by atoms with van der Waals surface area (Å²) < 4.78 is 92.5. The lowest BCUT2D eigenvalue weighted by molar-refractivity contribution is -0.143. The first kappa shape index (κ1) is 33.9. The largest absolute Gasteiger partial charge is 0.497 e. The number of hydrogen-bond acceptors (Lipinski definition) is 4. The first-order chi connectivity index (χ1) is 21.9. The van der Waals surface area contributed by atoms with Crippen LogP contribution in [-0.4, -0.2) is 41.8 Å². The number of ether oxygens (including phenoxy) is 2. The summed E-state index contributed by atoms with van der Waals surface area (Å²) in [5.74, 6) is -0.497. The number of allylic oxidation sites excluding steroid dienone is 1. The SMILES string of the molecule is COc1cc(C2=C(CN3C(=O)O[C@H](c4cc(C(F)(F)F)cc(C(F)(F)F)c4)[C@@H]3C)CC(C)(C)CC2)cc(-c2ccc(C(=O)O)cc2)c1. The summed E-state index contributed by atoms with van der Waals surface area (Å²) >= 11 is 0. The van der Waals surface area contributed by atoms with Gasteiger partial charge in [0.05, 0.1) is 29.8 Å². The van der Waals surface area contributed by atoms with Crippen LogP contribution in [0.2, 0.25) is 0 Å². The van der Waals surface area contributed by atoms with Gasteiger partial charge in [-0.3, -0.25) is 4.90 Å². The van der Waals surface area contributed by atoms with Crippen LogP contribution in [0, 0.1) is 5.41 Å². The molecule has 1 aliphatic heterocycles. The van der Waals surface area contributed by atoms with E-state index in [1.807, 2.05) is 18.2 Å². The highest BCUT2D eigenvalue weighted by molar-refractivity contribution is 5.88. The number of hydrogen-bond donors (Lipinski definition) is 1. The van der Waals surface area contributed by atoms with E-state index in [0.717, 1.165) is 34.3 Å². The summed E-state index contributed by atoms with van der Waals surface area (Å²) in [5, 5.41) is 9.29. The van der Waals surface area contributed by atoms with Gasteiger partial charge in [0.15, 0.2) is 0 Å². The molecule has 2 atom stereocenters. The Morgan fingerprint density at radius 3 is 2.09 bits per heavy atom. The topological polar surface area (TPSA) is 76.1 Å². The van der Waals surface area contributed by atoms with Crippen LogP contribution in [0.25, 0.3) is 16.7 Å². The Bertz CT molecular complexity index is 1690. The fourth-order valence-corrected chi connectivity index (χ4v) is 6.28. The number of methoxy groups -OCH3 is 1. The third kappa shape index (κ3) is 7.26. The fourth-order valence-electron chi connectivity index (χ4n) is 6.28. The Labute approximate surface area is 267 Å². The van der Waals surface area contributed by atoms with Gasteiger partial charge >= 0.3 is 24.4 Å². The van der Waals surface area contributed by atoms with Crippen molar-refractivity contribution in [2.75, 3.05) is 13.7 Å². The number of carboxylic acids is 1. The van der Waals surface area contributed by atoms with Crippen LogP contribution in [0.4, 0.5) is 31.1 Å². The molecule has 1 heterocycles. The molecule has 0 unspecified atom stereocenters. The number of nitrogens with zero attached hydrogens (tertiary/aromatic N) is 1. The quantitative estimate of drug-likeness (QED) is 0.255. The van der Waals surface area contributed by atoms with Crippen LogP contribution in [0.1, 0.15) is 78.7 Å². The average molecular weight is 662 g/mol. The molecule has 1 saturated heterocycles. The van der Waals surface area contributed by atoms with E-state index in [2.05, 4.69) is 13.8 Å². The Morgan fingerprint density at radius 2 is 1.53 bits per heavy atom. The van der Waals surface area contributed by atoms with Crippen molar-refractivity contribution in [1.29, 1.82) is 0 Å². The molecule has 1 amide bonds. The second kappa shape index (κ2) is 12.3. The minimum atomic E-state index is -5.04. The minimum absolute atomic E-state index is 0.0484. The van der Waals surface area contributed by atoms with Crippen molar-refractivity contribution in [1.82, 2.24) is 4.90 Å². The smallest absolute Gasteiger partial charge is 0.416 e. The Morgan fingerprint density at radius 1 is 0.936 bits per heavy atom. The van der Waals surface area contributed by atoms with E-state index in [9.17, 15) is 41.0 Å². The van der Waals surface area contributed by atoms with Crippen LogP contribution in [-0.2, 0) is 17.1 Å². The molecule has 250 valence electrons. The molecular weight excluding hydrogens is 628 g/mol. The van der Waals surface area contributed by atoms with Gasteiger partial charge in [-0.15, -0.1) is 0 Å². The van der Waals surface area contributed by atoms with Crippen molar-refractivity contribution in [3.8, 4) is 16.9 Å². The van der Waals surface area contributed by atoms with Gasteiger partial charge in [0.2, 0.25) is 0 Å². The molecule has 3 aromatic carbocycles. The normalized spacial score (nSPS) is 20.0. The lowest BCUT2D eigenvalue weighted by Crippen LogP contribution is -2.35. The molecule has 3 aromatic rings. The maximum Gasteiger partial charge on any atom is 0.416 e. The molecule has 0 bridgehead atoms. The van der Waals surface area contributed by atoms with Crippen LogP contribution in [0.15, 0.2) is 66.2 Å². The van der Waals surface area contributed by atoms with E-state index < -0.39 is 47.7 Å². The number of aromatic carboxylic acids is 1. The first-order valence-electron chi connectivity index (χ1n) is 14.9. The Kier molecular flexibility index (Phi) is 8.85. The number of carbonyl (C=O) groups excluding carboxylic acids is 1. The number of cyclic esters (lactones) is 1. The molecule has 0 saturated carbocycles. The van der Waals surface area contributed by atoms with E-state index in [1.54, 1.807) is 19.1 Å². The standard InChI is InChI=1S/C35H33F6NO5/c1-19-30(24-12-26(34(36,37)38)16-27(13-24)35(39,40)41)47-32(45)42(19)18-25-17-33(2,3)10-9-29(25)23-11-22(14-28(15-23)46-4)20-5-7-21(8-6-20)31(43)44/h5-8,11-16,19,30H,9-10,17-18H2,1-4H3,(H,43,44)/t19-,30-/m0/s1. The summed E-state index contributed by atoms with van der Waals surface area (Å²) in [6.07, 6.45) is -10.2. The van der Waals surface area contributed by atoms with E-state index in [4.69, 9.17) is 9.47 Å². The average Bonchev–Trinajstić information content (AvgIpc) is 3.28. The van der Waals surface area contributed by atoms with Gasteiger partial charge in [-0.05, 0) is 114 Å². The van der Waals surface area contributed by atoms with Crippen LogP contribution >= 0.6 is 0 Å². The summed E-state index contributed by atoms with van der Waals surface area (Å²) in [7, 11) is 1.52. The second-order valence-corrected chi connectivity index (χ2v) is 12.8. The molecule has 1 N–H and O–H groups in total. The molecule has 6 nitrogen and oxygen atoms in total. The molecule has 1 fully saturated rings. The van der Waals surface area contributed by atoms with Crippen molar-refractivity contribution < 1.29 is 50.5 Å². The minimum Gasteiger partial charge on any atom is -0.497 e. The van der Waals surface area contributed by atoms with Gasteiger partial charge < -0.3 is 14.6 Å². The molecule has 0 spiro atoms. The zero-order valence-electron chi connectivity index (χ0n) is 26.1. The molecule has 0 aromatic heterocycles. The van der Waals surface area contributed by atoms with Gasteiger partial charge in [-0.1, -0.05) is 26.0 Å². The zero-order chi connectivity index (χ0) is 34.5. The van der Waals surface area contributed by atoms with Gasteiger partial charge in [-0.25, -0.2) is 9.59 Å². The number of alkyl halides is 6. The van der Waals surface area contributed by atoms with Gasteiger partial charge in [-0.2, -0.15) is 26.3 Å². The molecule has 2 aliphatic rings. The number of halogens is 6. The van der Waals surface area contributed by atoms with Crippen molar-refractivity contribution in [3.05, 3.63) is 94.1 Å². The third-order valence-electron chi connectivity index (χ3n) is 8.82. The van der Waals surface area contributed by atoms with Crippen molar-refractivity contribution in [2.45, 2.75) is 64.5 Å². The Hall–Kier alpha value is -4.48. The predicted molar refractivity (Wildman–Crippen MR) is 162 cm³/mol. The van der Waals surface area contributed by atoms with Crippen LogP contribution < -0.4 is 4.74 Å². The van der Waals surface area contributed by atoms with E-state index in [0.29, 0.717) is 30.7 Å². The highest BCUT2D eigenvalue weighted by Gasteiger charge is 2.44. The van der Waals surface area contributed by atoms with E-state index in [1.165, 1.54) is 24.1 Å². The predicted octanol–water partition coefficient (Wildman–Crippen LogP) is 9.64. The highest BCUT2D eigenvalue weighted by atomic mass is 19.4. The third-order valence-corrected chi connectivity index (χ3v) is 8.82. The van der Waals surface area contributed by atoms with Crippen molar-refractivity contribution in [3.63, 3.8) is 0 Å². The number of carbonyl (C=O) groups is 2. The molecular formula is C35H33F6NO5. The molecule has 47 heavy (non-hydrogen) atoms. The van der Waals surface area contributed by atoms with E-state index >= 15 is 0 Å². The lowest BCUT2D eigenvalue weighted by atomic mass is 9.72. The first-order valence-corrected chi connectivity index (χ1v) is 14.9. The van der Waals surface area contributed by atoms with Crippen LogP contribution in [0.3, 0.4) is 0 Å². The highest BCUT2D eigenvalue weighted by Crippen LogP contribution is 2.46. The number of amides is 1. The summed E-state index contributed by atoms with van der Waals surface area (Å²) in [4.78, 5) is 25.9. The van der Waals surface area contributed by atoms with Gasteiger partial charge in [0.1, 0.15) is 11.9 Å². The monoisotopic (exact) mass is 661 g/mol. The maximum absolute atomic E-state index is 13.6. The number of rotatable bonds is 7. The summed E-state index contributed by atoms with van der Waals surface area (Å²) in [5.41, 5.74) is 0.808. The molecule has 0 radical (unpaired) electrons.